The van der Waals surface area contributed by atoms with E-state index >= 15 is 0 Å². The topological polar surface area (TPSA) is 32.3 Å². The summed E-state index contributed by atoms with van der Waals surface area (Å²) < 4.78 is 0. The molecule has 3 aliphatic carbocycles. The van der Waals surface area contributed by atoms with Crippen molar-refractivity contribution in [2.24, 2.45) is 17.8 Å². The van der Waals surface area contributed by atoms with Crippen LogP contribution in [0.15, 0.2) is 36.4 Å². The predicted molar refractivity (Wildman–Crippen MR) is 118 cm³/mol. The zero-order valence-corrected chi connectivity index (χ0v) is 17.9. The van der Waals surface area contributed by atoms with Crippen molar-refractivity contribution in [1.82, 2.24) is 10.2 Å². The molecule has 1 aromatic rings. The second kappa shape index (κ2) is 7.91. The Balaban J connectivity index is 1.23. The van der Waals surface area contributed by atoms with Gasteiger partial charge in [0.1, 0.15) is 0 Å². The maximum Gasteiger partial charge on any atom is 0.217 e. The first-order valence-electron chi connectivity index (χ1n) is 11.9. The van der Waals surface area contributed by atoms with Gasteiger partial charge in [0.25, 0.3) is 0 Å². The molecule has 2 fully saturated rings. The fourth-order valence-electron chi connectivity index (χ4n) is 6.93. The van der Waals surface area contributed by atoms with Crippen LogP contribution in [0.5, 0.6) is 0 Å². The molecule has 3 heteroatoms. The van der Waals surface area contributed by atoms with E-state index < -0.39 is 0 Å². The van der Waals surface area contributed by atoms with E-state index in [-0.39, 0.29) is 17.4 Å². The molecule has 1 spiro atoms. The zero-order valence-electron chi connectivity index (χ0n) is 17.9. The van der Waals surface area contributed by atoms with Gasteiger partial charge in [-0.3, -0.25) is 4.79 Å². The van der Waals surface area contributed by atoms with Gasteiger partial charge in [-0.1, -0.05) is 36.4 Å². The predicted octanol–water partition coefficient (Wildman–Crippen LogP) is 4.98. The Labute approximate surface area is 175 Å². The molecular weight excluding hydrogens is 356 g/mol. The molecule has 1 N–H and O–H groups in total. The van der Waals surface area contributed by atoms with E-state index in [4.69, 9.17) is 0 Å². The third-order valence-electron chi connectivity index (χ3n) is 8.34. The lowest BCUT2D eigenvalue weighted by molar-refractivity contribution is -0.119. The van der Waals surface area contributed by atoms with E-state index in [0.717, 1.165) is 24.2 Å². The van der Waals surface area contributed by atoms with E-state index in [0.29, 0.717) is 0 Å². The molecule has 3 nitrogen and oxygen atoms in total. The number of carbonyl (C=O) groups is 1. The Kier molecular flexibility index (Phi) is 5.28. The van der Waals surface area contributed by atoms with Crippen LogP contribution in [0.1, 0.15) is 75.5 Å². The van der Waals surface area contributed by atoms with E-state index in [9.17, 15) is 4.79 Å². The minimum Gasteiger partial charge on any atom is -0.349 e. The molecule has 2 bridgehead atoms. The van der Waals surface area contributed by atoms with Crippen LogP contribution in [0.3, 0.4) is 0 Å². The first-order chi connectivity index (χ1) is 14.1. The third-order valence-corrected chi connectivity index (χ3v) is 8.34. The standard InChI is InChI=1S/C26H36N2O/c1-19(29)27-25-17-26(24-8-3-2-7-23(24)25)11-13-28(14-12-26)18-22-10-9-20-5-4-6-21(15-20)16-22/h2-4,6-8,20-22,25H,5,9-18H2,1H3,(H,27,29). The summed E-state index contributed by atoms with van der Waals surface area (Å²) in [5.74, 6) is 2.77. The van der Waals surface area contributed by atoms with Crippen molar-refractivity contribution < 1.29 is 4.79 Å². The number of nitrogens with zero attached hydrogens (tertiary/aromatic N) is 1. The van der Waals surface area contributed by atoms with Crippen molar-refractivity contribution in [2.45, 2.75) is 69.7 Å². The summed E-state index contributed by atoms with van der Waals surface area (Å²) >= 11 is 0. The van der Waals surface area contributed by atoms with Gasteiger partial charge in [-0.15, -0.1) is 0 Å². The van der Waals surface area contributed by atoms with Crippen molar-refractivity contribution in [1.29, 1.82) is 0 Å². The monoisotopic (exact) mass is 392 g/mol. The number of likely N-dealkylation sites (tertiary alicyclic amines) is 1. The van der Waals surface area contributed by atoms with Crippen LogP contribution in [0.4, 0.5) is 0 Å². The van der Waals surface area contributed by atoms with Crippen LogP contribution in [0, 0.1) is 17.8 Å². The Morgan fingerprint density at radius 3 is 2.83 bits per heavy atom. The molecule has 4 unspecified atom stereocenters. The van der Waals surface area contributed by atoms with Crippen molar-refractivity contribution in [3.8, 4) is 0 Å². The van der Waals surface area contributed by atoms with Gasteiger partial charge in [-0.25, -0.2) is 0 Å². The lowest BCUT2D eigenvalue weighted by Crippen LogP contribution is -2.43. The Morgan fingerprint density at radius 2 is 2.00 bits per heavy atom. The second-order valence-corrected chi connectivity index (χ2v) is 10.3. The maximum atomic E-state index is 11.7. The first kappa shape index (κ1) is 19.4. The van der Waals surface area contributed by atoms with E-state index in [1.54, 1.807) is 6.92 Å². The summed E-state index contributed by atoms with van der Waals surface area (Å²) in [5.41, 5.74) is 3.13. The number of hydrogen-bond acceptors (Lipinski definition) is 2. The number of hydrogen-bond donors (Lipinski definition) is 1. The minimum absolute atomic E-state index is 0.0897. The van der Waals surface area contributed by atoms with Crippen LogP contribution >= 0.6 is 0 Å². The molecule has 1 amide bonds. The molecule has 1 saturated carbocycles. The molecule has 4 aliphatic rings. The average Bonchev–Trinajstić information content (AvgIpc) is 2.93. The van der Waals surface area contributed by atoms with E-state index in [2.05, 4.69) is 46.6 Å². The lowest BCUT2D eigenvalue weighted by Gasteiger charge is -2.41. The lowest BCUT2D eigenvalue weighted by atomic mass is 9.73. The van der Waals surface area contributed by atoms with Gasteiger partial charge in [0.2, 0.25) is 5.91 Å². The highest BCUT2D eigenvalue weighted by atomic mass is 16.1. The van der Waals surface area contributed by atoms with Gasteiger partial charge in [-0.2, -0.15) is 0 Å². The number of nitrogens with one attached hydrogen (secondary N) is 1. The van der Waals surface area contributed by atoms with Gasteiger partial charge in [0, 0.05) is 18.9 Å². The summed E-state index contributed by atoms with van der Waals surface area (Å²) in [6.07, 6.45) is 15.6. The molecule has 1 aliphatic heterocycles. The minimum atomic E-state index is 0.0897. The van der Waals surface area contributed by atoms with Crippen LogP contribution < -0.4 is 5.32 Å². The number of fused-ring (bicyclic) bond motifs is 4. The molecule has 5 rings (SSSR count). The highest BCUT2D eigenvalue weighted by molar-refractivity contribution is 5.73. The Bertz CT molecular complexity index is 777. The van der Waals surface area contributed by atoms with E-state index in [1.807, 2.05) is 0 Å². The Morgan fingerprint density at radius 1 is 1.17 bits per heavy atom. The summed E-state index contributed by atoms with van der Waals surface area (Å²) in [7, 11) is 0. The van der Waals surface area contributed by atoms with Crippen molar-refractivity contribution in [2.75, 3.05) is 19.6 Å². The van der Waals surface area contributed by atoms with Crippen LogP contribution in [-0.2, 0) is 10.2 Å². The van der Waals surface area contributed by atoms with E-state index in [1.165, 1.54) is 75.7 Å². The van der Waals surface area contributed by atoms with Crippen molar-refractivity contribution in [3.05, 3.63) is 47.5 Å². The summed E-state index contributed by atoms with van der Waals surface area (Å²) in [4.78, 5) is 14.5. The number of carbonyl (C=O) groups excluding carboxylic acids is 1. The molecule has 156 valence electrons. The zero-order chi connectivity index (χ0) is 19.8. The number of benzene rings is 1. The largest absolute Gasteiger partial charge is 0.349 e. The van der Waals surface area contributed by atoms with Gasteiger partial charge in [0.15, 0.2) is 0 Å². The SMILES string of the molecule is CC(=O)NC1CC2(CCN(CC3CCC4CC=CC(C4)C3)CC2)c2ccccc21. The molecule has 1 saturated heterocycles. The normalized spacial score (nSPS) is 33.3. The molecule has 0 aromatic heterocycles. The number of amides is 1. The summed E-state index contributed by atoms with van der Waals surface area (Å²) in [5, 5.41) is 3.22. The molecule has 0 radical (unpaired) electrons. The molecule has 1 aromatic carbocycles. The molecular formula is C26H36N2O. The van der Waals surface area contributed by atoms with Crippen LogP contribution in [0.2, 0.25) is 0 Å². The van der Waals surface area contributed by atoms with Crippen LogP contribution in [-0.4, -0.2) is 30.4 Å². The quantitative estimate of drug-likeness (QED) is 0.736. The molecule has 1 heterocycles. The highest BCUT2D eigenvalue weighted by Crippen LogP contribution is 2.51. The van der Waals surface area contributed by atoms with Gasteiger partial charge in [0.05, 0.1) is 6.04 Å². The molecule has 29 heavy (non-hydrogen) atoms. The van der Waals surface area contributed by atoms with Gasteiger partial charge < -0.3 is 10.2 Å². The smallest absolute Gasteiger partial charge is 0.217 e. The summed E-state index contributed by atoms with van der Waals surface area (Å²) in [6.45, 7) is 5.36. The second-order valence-electron chi connectivity index (χ2n) is 10.3. The van der Waals surface area contributed by atoms with Crippen molar-refractivity contribution >= 4 is 5.91 Å². The van der Waals surface area contributed by atoms with Crippen LogP contribution in [0.25, 0.3) is 0 Å². The molecule has 4 atom stereocenters. The van der Waals surface area contributed by atoms with Crippen molar-refractivity contribution in [3.63, 3.8) is 0 Å². The fourth-order valence-corrected chi connectivity index (χ4v) is 6.93. The maximum absolute atomic E-state index is 11.7. The third kappa shape index (κ3) is 3.91. The Hall–Kier alpha value is -1.61. The fraction of sp³-hybridized carbons (Fsp3) is 0.654. The summed E-state index contributed by atoms with van der Waals surface area (Å²) in [6, 6.07) is 9.06. The number of allylic oxidation sites excluding steroid dienone is 2. The van der Waals surface area contributed by atoms with Gasteiger partial charge in [-0.05, 0) is 93.3 Å². The first-order valence-corrected chi connectivity index (χ1v) is 11.9. The highest BCUT2D eigenvalue weighted by Gasteiger charge is 2.45. The number of piperidine rings is 1. The number of rotatable bonds is 3. The van der Waals surface area contributed by atoms with Gasteiger partial charge >= 0.3 is 0 Å². The average molecular weight is 393 g/mol.